The van der Waals surface area contributed by atoms with E-state index in [1.165, 1.54) is 0 Å². The summed E-state index contributed by atoms with van der Waals surface area (Å²) in [6.45, 7) is 1.27. The second kappa shape index (κ2) is 7.03. The third-order valence-electron chi connectivity index (χ3n) is 4.96. The van der Waals surface area contributed by atoms with E-state index in [-0.39, 0.29) is 30.8 Å². The summed E-state index contributed by atoms with van der Waals surface area (Å²) >= 11 is 0. The summed E-state index contributed by atoms with van der Waals surface area (Å²) in [6.07, 6.45) is 2.30. The Morgan fingerprint density at radius 2 is 1.88 bits per heavy atom. The maximum atomic E-state index is 12.5. The highest BCUT2D eigenvalue weighted by Crippen LogP contribution is 2.33. The molecular formula is C18H22N2O4. The highest BCUT2D eigenvalue weighted by Gasteiger charge is 2.40. The molecule has 2 saturated heterocycles. The minimum absolute atomic E-state index is 0.0168. The number of amides is 2. The summed E-state index contributed by atoms with van der Waals surface area (Å²) in [7, 11) is 0. The zero-order valence-electron chi connectivity index (χ0n) is 13.6. The number of piperidine rings is 1. The number of carboxylic acid groups (broad SMARTS) is 1. The van der Waals surface area contributed by atoms with E-state index >= 15 is 0 Å². The van der Waals surface area contributed by atoms with E-state index in [4.69, 9.17) is 0 Å². The molecule has 0 radical (unpaired) electrons. The minimum Gasteiger partial charge on any atom is -0.481 e. The lowest BCUT2D eigenvalue weighted by molar-refractivity contribution is -0.143. The second-order valence-corrected chi connectivity index (χ2v) is 6.53. The number of rotatable bonds is 4. The molecule has 128 valence electrons. The van der Waals surface area contributed by atoms with Crippen molar-refractivity contribution >= 4 is 17.8 Å². The molecule has 0 unspecified atom stereocenters. The molecule has 1 aromatic rings. The molecule has 2 fully saturated rings. The molecule has 24 heavy (non-hydrogen) atoms. The SMILES string of the molecule is O=C(O)[C@@H]1CN(C(=O)CN2CCCCC2=O)C[C@H]1c1ccccc1. The number of likely N-dealkylation sites (tertiary alicyclic amines) is 2. The first-order valence-corrected chi connectivity index (χ1v) is 8.39. The van der Waals surface area contributed by atoms with Crippen LogP contribution in [0, 0.1) is 5.92 Å². The molecule has 2 amide bonds. The Labute approximate surface area is 141 Å². The van der Waals surface area contributed by atoms with Crippen LogP contribution in [0.5, 0.6) is 0 Å². The van der Waals surface area contributed by atoms with Gasteiger partial charge in [0.2, 0.25) is 11.8 Å². The van der Waals surface area contributed by atoms with Gasteiger partial charge in [0.15, 0.2) is 0 Å². The zero-order valence-corrected chi connectivity index (χ0v) is 13.6. The zero-order chi connectivity index (χ0) is 17.1. The van der Waals surface area contributed by atoms with Gasteiger partial charge in [-0.1, -0.05) is 30.3 Å². The monoisotopic (exact) mass is 330 g/mol. The number of hydrogen-bond donors (Lipinski definition) is 1. The van der Waals surface area contributed by atoms with Crippen molar-refractivity contribution in [3.8, 4) is 0 Å². The molecule has 2 aliphatic rings. The Morgan fingerprint density at radius 3 is 2.54 bits per heavy atom. The molecule has 0 bridgehead atoms. The van der Waals surface area contributed by atoms with Crippen LogP contribution in [0.3, 0.4) is 0 Å². The number of nitrogens with zero attached hydrogens (tertiary/aromatic N) is 2. The quantitative estimate of drug-likeness (QED) is 0.903. The van der Waals surface area contributed by atoms with Gasteiger partial charge in [0.05, 0.1) is 12.5 Å². The Hall–Kier alpha value is -2.37. The highest BCUT2D eigenvalue weighted by atomic mass is 16.4. The summed E-state index contributed by atoms with van der Waals surface area (Å²) in [5.74, 6) is -1.83. The van der Waals surface area contributed by atoms with Gasteiger partial charge in [-0.3, -0.25) is 14.4 Å². The van der Waals surface area contributed by atoms with Gasteiger partial charge in [0.25, 0.3) is 0 Å². The van der Waals surface area contributed by atoms with E-state index in [1.54, 1.807) is 9.80 Å². The van der Waals surface area contributed by atoms with Crippen LogP contribution < -0.4 is 0 Å². The molecule has 0 aliphatic carbocycles. The Balaban J connectivity index is 1.69. The van der Waals surface area contributed by atoms with E-state index < -0.39 is 11.9 Å². The summed E-state index contributed by atoms with van der Waals surface area (Å²) < 4.78 is 0. The molecule has 6 nitrogen and oxygen atoms in total. The maximum absolute atomic E-state index is 12.5. The molecule has 6 heteroatoms. The van der Waals surface area contributed by atoms with Crippen molar-refractivity contribution in [1.29, 1.82) is 0 Å². The fourth-order valence-corrected chi connectivity index (χ4v) is 3.59. The fourth-order valence-electron chi connectivity index (χ4n) is 3.59. The summed E-state index contributed by atoms with van der Waals surface area (Å²) in [5.41, 5.74) is 0.939. The lowest BCUT2D eigenvalue weighted by Gasteiger charge is -2.28. The maximum Gasteiger partial charge on any atom is 0.308 e. The molecular weight excluding hydrogens is 308 g/mol. The molecule has 0 saturated carbocycles. The number of hydrogen-bond acceptors (Lipinski definition) is 3. The topological polar surface area (TPSA) is 77.9 Å². The van der Waals surface area contributed by atoms with Crippen molar-refractivity contribution in [3.05, 3.63) is 35.9 Å². The van der Waals surface area contributed by atoms with Crippen LogP contribution in [0.1, 0.15) is 30.7 Å². The fraction of sp³-hybridized carbons (Fsp3) is 0.500. The van der Waals surface area contributed by atoms with Crippen LogP contribution in [-0.4, -0.2) is 58.9 Å². The molecule has 2 atom stereocenters. The van der Waals surface area contributed by atoms with E-state index in [0.717, 1.165) is 18.4 Å². The van der Waals surface area contributed by atoms with Crippen molar-refractivity contribution in [2.45, 2.75) is 25.2 Å². The average molecular weight is 330 g/mol. The third kappa shape index (κ3) is 3.42. The standard InChI is InChI=1S/C18H22N2O4/c21-16-8-4-5-9-19(16)12-17(22)20-10-14(15(11-20)18(23)24)13-6-2-1-3-7-13/h1-3,6-7,14-15H,4-5,8-12H2,(H,23,24)/t14-,15+/m0/s1. The van der Waals surface area contributed by atoms with Crippen molar-refractivity contribution in [2.75, 3.05) is 26.2 Å². The van der Waals surface area contributed by atoms with E-state index in [1.807, 2.05) is 30.3 Å². The molecule has 1 aromatic carbocycles. The van der Waals surface area contributed by atoms with Gasteiger partial charge in [-0.2, -0.15) is 0 Å². The van der Waals surface area contributed by atoms with Gasteiger partial charge in [0, 0.05) is 32.0 Å². The van der Waals surface area contributed by atoms with Crippen LogP contribution in [0.25, 0.3) is 0 Å². The molecule has 2 aliphatic heterocycles. The smallest absolute Gasteiger partial charge is 0.308 e. The first-order valence-electron chi connectivity index (χ1n) is 8.39. The number of carboxylic acids is 1. The van der Waals surface area contributed by atoms with Crippen LogP contribution in [0.2, 0.25) is 0 Å². The van der Waals surface area contributed by atoms with Crippen molar-refractivity contribution < 1.29 is 19.5 Å². The van der Waals surface area contributed by atoms with E-state index in [2.05, 4.69) is 0 Å². The van der Waals surface area contributed by atoms with Gasteiger partial charge < -0.3 is 14.9 Å². The lowest BCUT2D eigenvalue weighted by atomic mass is 9.89. The number of carbonyl (C=O) groups excluding carboxylic acids is 2. The van der Waals surface area contributed by atoms with Crippen molar-refractivity contribution in [3.63, 3.8) is 0 Å². The highest BCUT2D eigenvalue weighted by molar-refractivity contribution is 5.86. The molecule has 1 N–H and O–H groups in total. The van der Waals surface area contributed by atoms with Crippen molar-refractivity contribution in [2.24, 2.45) is 5.92 Å². The number of benzene rings is 1. The first kappa shape index (κ1) is 16.5. The molecule has 0 aromatic heterocycles. The molecule has 3 rings (SSSR count). The Bertz CT molecular complexity index is 631. The summed E-state index contributed by atoms with van der Waals surface area (Å²) in [6, 6.07) is 9.46. The van der Waals surface area contributed by atoms with Crippen LogP contribution in [0.15, 0.2) is 30.3 Å². The number of aliphatic carboxylic acids is 1. The van der Waals surface area contributed by atoms with E-state index in [0.29, 0.717) is 19.5 Å². The van der Waals surface area contributed by atoms with E-state index in [9.17, 15) is 19.5 Å². The predicted molar refractivity (Wildman–Crippen MR) is 87.3 cm³/mol. The average Bonchev–Trinajstić information content (AvgIpc) is 3.03. The van der Waals surface area contributed by atoms with Gasteiger partial charge in [-0.05, 0) is 18.4 Å². The summed E-state index contributed by atoms with van der Waals surface area (Å²) in [5, 5.41) is 9.51. The number of carbonyl (C=O) groups is 3. The normalized spacial score (nSPS) is 24.2. The molecule has 2 heterocycles. The van der Waals surface area contributed by atoms with Gasteiger partial charge in [-0.25, -0.2) is 0 Å². The third-order valence-corrected chi connectivity index (χ3v) is 4.96. The Morgan fingerprint density at radius 1 is 1.12 bits per heavy atom. The van der Waals surface area contributed by atoms with Crippen LogP contribution >= 0.6 is 0 Å². The largest absolute Gasteiger partial charge is 0.481 e. The minimum atomic E-state index is -0.881. The van der Waals surface area contributed by atoms with Gasteiger partial charge >= 0.3 is 5.97 Å². The van der Waals surface area contributed by atoms with Gasteiger partial charge in [0.1, 0.15) is 0 Å². The summed E-state index contributed by atoms with van der Waals surface area (Å²) in [4.78, 5) is 39.2. The Kier molecular flexibility index (Phi) is 4.83. The van der Waals surface area contributed by atoms with Gasteiger partial charge in [-0.15, -0.1) is 0 Å². The lowest BCUT2D eigenvalue weighted by Crippen LogP contribution is -2.44. The second-order valence-electron chi connectivity index (χ2n) is 6.53. The molecule has 0 spiro atoms. The first-order chi connectivity index (χ1) is 11.6. The van der Waals surface area contributed by atoms with Crippen molar-refractivity contribution in [1.82, 2.24) is 9.80 Å². The van der Waals surface area contributed by atoms with Crippen LogP contribution in [0.4, 0.5) is 0 Å². The van der Waals surface area contributed by atoms with Crippen LogP contribution in [-0.2, 0) is 14.4 Å². The predicted octanol–water partition coefficient (Wildman–Crippen LogP) is 1.33.